The van der Waals surface area contributed by atoms with E-state index in [4.69, 9.17) is 9.47 Å². The van der Waals surface area contributed by atoms with Crippen molar-refractivity contribution < 1.29 is 14.3 Å². The zero-order chi connectivity index (χ0) is 17.4. The lowest BCUT2D eigenvalue weighted by atomic mass is 9.82. The fourth-order valence-corrected chi connectivity index (χ4v) is 4.82. The topological polar surface area (TPSA) is 50.8 Å². The van der Waals surface area contributed by atoms with Gasteiger partial charge in [0.2, 0.25) is 0 Å². The Balaban J connectivity index is 1.43. The first kappa shape index (κ1) is 16.7. The molecule has 136 valence electrons. The van der Waals surface area contributed by atoms with Crippen LogP contribution in [0.1, 0.15) is 44.7 Å². The van der Waals surface area contributed by atoms with Crippen molar-refractivity contribution in [2.45, 2.75) is 51.4 Å². The minimum Gasteiger partial charge on any atom is -0.494 e. The van der Waals surface area contributed by atoms with Crippen molar-refractivity contribution in [3.63, 3.8) is 0 Å². The smallest absolute Gasteiger partial charge is 0.317 e. The Morgan fingerprint density at radius 1 is 1.24 bits per heavy atom. The Labute approximate surface area is 149 Å². The van der Waals surface area contributed by atoms with Gasteiger partial charge in [0.25, 0.3) is 0 Å². The van der Waals surface area contributed by atoms with Crippen LogP contribution in [0.5, 0.6) is 5.75 Å². The third kappa shape index (κ3) is 2.99. The molecule has 3 aliphatic rings. The Morgan fingerprint density at radius 3 is 2.56 bits per heavy atom. The minimum atomic E-state index is -0.0244. The first-order valence-electron chi connectivity index (χ1n) is 9.63. The zero-order valence-electron chi connectivity index (χ0n) is 15.1. The first-order chi connectivity index (χ1) is 12.2. The van der Waals surface area contributed by atoms with E-state index in [0.717, 1.165) is 30.8 Å². The van der Waals surface area contributed by atoms with Gasteiger partial charge in [-0.3, -0.25) is 0 Å². The summed E-state index contributed by atoms with van der Waals surface area (Å²) in [5, 5.41) is 3.23. The number of hydrogen-bond donors (Lipinski definition) is 1. The predicted molar refractivity (Wildman–Crippen MR) is 95.6 cm³/mol. The van der Waals surface area contributed by atoms with Crippen molar-refractivity contribution in [1.82, 2.24) is 10.2 Å². The molecule has 0 spiro atoms. The van der Waals surface area contributed by atoms with Crippen LogP contribution in [-0.2, 0) is 4.74 Å². The molecule has 3 saturated heterocycles. The standard InChI is InChI=1S/C20H28N2O3/c1-3-16(13-7-5-6-8-17(13)24-4-2)21-20(23)22-11-14-15(12-22)19-10-9-18(14)25-19/h5-8,14-16,18-19H,3-4,9-12H2,1-2H3,(H,21,23)/t14-,15-,16-,18+,19+/m0/s1. The van der Waals surface area contributed by atoms with Crippen LogP contribution in [0.4, 0.5) is 4.79 Å². The fraction of sp³-hybridized carbons (Fsp3) is 0.650. The molecule has 3 fully saturated rings. The summed E-state index contributed by atoms with van der Waals surface area (Å²) in [6, 6.07) is 8.02. The second-order valence-corrected chi connectivity index (χ2v) is 7.40. The van der Waals surface area contributed by atoms with E-state index in [1.165, 1.54) is 12.8 Å². The first-order valence-corrected chi connectivity index (χ1v) is 9.63. The normalized spacial score (nSPS) is 31.0. The number of carbonyl (C=O) groups excluding carboxylic acids is 1. The number of likely N-dealkylation sites (tertiary alicyclic amines) is 1. The van der Waals surface area contributed by atoms with E-state index in [-0.39, 0.29) is 12.1 Å². The van der Waals surface area contributed by atoms with Gasteiger partial charge in [0.1, 0.15) is 5.75 Å². The quantitative estimate of drug-likeness (QED) is 0.891. The van der Waals surface area contributed by atoms with Crippen LogP contribution in [0.3, 0.4) is 0 Å². The second kappa shape index (κ2) is 6.87. The molecule has 0 radical (unpaired) electrons. The number of carbonyl (C=O) groups is 1. The van der Waals surface area contributed by atoms with Gasteiger partial charge in [-0.05, 0) is 32.3 Å². The summed E-state index contributed by atoms with van der Waals surface area (Å²) < 4.78 is 11.7. The van der Waals surface area contributed by atoms with Gasteiger partial charge >= 0.3 is 6.03 Å². The zero-order valence-corrected chi connectivity index (χ0v) is 15.1. The summed E-state index contributed by atoms with van der Waals surface area (Å²) in [5.41, 5.74) is 1.06. The number of fused-ring (bicyclic) bond motifs is 5. The number of rotatable bonds is 5. The van der Waals surface area contributed by atoms with Crippen LogP contribution >= 0.6 is 0 Å². The van der Waals surface area contributed by atoms with Crippen LogP contribution in [0.25, 0.3) is 0 Å². The maximum atomic E-state index is 12.9. The molecule has 1 aromatic rings. The van der Waals surface area contributed by atoms with Gasteiger partial charge in [0.05, 0.1) is 24.9 Å². The molecular weight excluding hydrogens is 316 g/mol. The summed E-state index contributed by atoms with van der Waals surface area (Å²) in [4.78, 5) is 14.9. The molecule has 5 heteroatoms. The van der Waals surface area contributed by atoms with Gasteiger partial charge in [-0.2, -0.15) is 0 Å². The molecule has 2 amide bonds. The van der Waals surface area contributed by atoms with E-state index in [1.807, 2.05) is 36.1 Å². The molecule has 0 saturated carbocycles. The Morgan fingerprint density at radius 2 is 1.92 bits per heavy atom. The summed E-state index contributed by atoms with van der Waals surface area (Å²) in [6.45, 7) is 6.37. The van der Waals surface area contributed by atoms with Crippen molar-refractivity contribution in [1.29, 1.82) is 0 Å². The van der Waals surface area contributed by atoms with Crippen molar-refractivity contribution in [2.75, 3.05) is 19.7 Å². The third-order valence-corrected chi connectivity index (χ3v) is 6.04. The molecule has 2 bridgehead atoms. The van der Waals surface area contributed by atoms with Crippen LogP contribution < -0.4 is 10.1 Å². The average molecular weight is 344 g/mol. The molecule has 1 aromatic carbocycles. The highest BCUT2D eigenvalue weighted by Crippen LogP contribution is 2.47. The lowest BCUT2D eigenvalue weighted by Gasteiger charge is -2.25. The van der Waals surface area contributed by atoms with Gasteiger partial charge in [-0.1, -0.05) is 25.1 Å². The summed E-state index contributed by atoms with van der Waals surface area (Å²) in [5.74, 6) is 1.95. The third-order valence-electron chi connectivity index (χ3n) is 6.04. The number of hydrogen-bond acceptors (Lipinski definition) is 3. The maximum absolute atomic E-state index is 12.9. The molecule has 5 atom stereocenters. The van der Waals surface area contributed by atoms with E-state index in [2.05, 4.69) is 12.2 Å². The van der Waals surface area contributed by atoms with Gasteiger partial charge in [-0.25, -0.2) is 4.79 Å². The largest absolute Gasteiger partial charge is 0.494 e. The van der Waals surface area contributed by atoms with Gasteiger partial charge in [0, 0.05) is 30.5 Å². The number of ether oxygens (including phenoxy) is 2. The highest BCUT2D eigenvalue weighted by atomic mass is 16.5. The number of urea groups is 1. The number of para-hydroxylation sites is 1. The Hall–Kier alpha value is -1.75. The Kier molecular flexibility index (Phi) is 4.59. The second-order valence-electron chi connectivity index (χ2n) is 7.40. The van der Waals surface area contributed by atoms with E-state index < -0.39 is 0 Å². The lowest BCUT2D eigenvalue weighted by molar-refractivity contribution is 0.0737. The van der Waals surface area contributed by atoms with E-state index >= 15 is 0 Å². The summed E-state index contributed by atoms with van der Waals surface area (Å²) in [7, 11) is 0. The maximum Gasteiger partial charge on any atom is 0.317 e. The van der Waals surface area contributed by atoms with Crippen molar-refractivity contribution >= 4 is 6.03 Å². The van der Waals surface area contributed by atoms with E-state index in [0.29, 0.717) is 30.7 Å². The molecule has 3 aliphatic heterocycles. The Bertz CT molecular complexity index is 617. The molecule has 1 N–H and O–H groups in total. The van der Waals surface area contributed by atoms with Crippen molar-refractivity contribution in [3.05, 3.63) is 29.8 Å². The average Bonchev–Trinajstić information content (AvgIpc) is 3.33. The molecule has 25 heavy (non-hydrogen) atoms. The number of nitrogens with zero attached hydrogens (tertiary/aromatic N) is 1. The van der Waals surface area contributed by atoms with Crippen molar-refractivity contribution in [3.8, 4) is 5.75 Å². The highest BCUT2D eigenvalue weighted by Gasteiger charge is 2.53. The molecule has 0 aliphatic carbocycles. The summed E-state index contributed by atoms with van der Waals surface area (Å²) in [6.07, 6.45) is 3.94. The molecule has 0 aromatic heterocycles. The van der Waals surface area contributed by atoms with Crippen LogP contribution in [0.15, 0.2) is 24.3 Å². The van der Waals surface area contributed by atoms with Gasteiger partial charge in [0.15, 0.2) is 0 Å². The van der Waals surface area contributed by atoms with Gasteiger partial charge < -0.3 is 19.7 Å². The summed E-state index contributed by atoms with van der Waals surface area (Å²) >= 11 is 0. The fourth-order valence-electron chi connectivity index (χ4n) is 4.82. The number of benzene rings is 1. The molecule has 5 nitrogen and oxygen atoms in total. The van der Waals surface area contributed by atoms with Crippen molar-refractivity contribution in [2.24, 2.45) is 11.8 Å². The number of amides is 2. The lowest BCUT2D eigenvalue weighted by Crippen LogP contribution is -2.41. The highest BCUT2D eigenvalue weighted by molar-refractivity contribution is 5.75. The molecule has 0 unspecified atom stereocenters. The molecule has 4 rings (SSSR count). The minimum absolute atomic E-state index is 0.0244. The number of nitrogens with one attached hydrogen (secondary N) is 1. The monoisotopic (exact) mass is 344 g/mol. The van der Waals surface area contributed by atoms with Crippen LogP contribution in [-0.4, -0.2) is 42.8 Å². The van der Waals surface area contributed by atoms with Crippen LogP contribution in [0, 0.1) is 11.8 Å². The predicted octanol–water partition coefficient (Wildman–Crippen LogP) is 3.36. The van der Waals surface area contributed by atoms with Gasteiger partial charge in [-0.15, -0.1) is 0 Å². The van der Waals surface area contributed by atoms with E-state index in [9.17, 15) is 4.79 Å². The molecule has 3 heterocycles. The SMILES string of the molecule is CCOc1ccccc1[C@H](CC)NC(=O)N1C[C@H]2[C@H](C1)[C@H]1CC[C@H]2O1. The molecular formula is C20H28N2O3. The van der Waals surface area contributed by atoms with Crippen LogP contribution in [0.2, 0.25) is 0 Å². The van der Waals surface area contributed by atoms with E-state index in [1.54, 1.807) is 0 Å².